The van der Waals surface area contributed by atoms with Crippen molar-refractivity contribution in [3.05, 3.63) is 66.1 Å². The SMILES string of the molecule is CC(O)c1ccc(OCc2cn3ccccc3n2)cc1. The van der Waals surface area contributed by atoms with Crippen LogP contribution in [0.25, 0.3) is 5.65 Å². The highest BCUT2D eigenvalue weighted by atomic mass is 16.5. The Morgan fingerprint density at radius 2 is 2.00 bits per heavy atom. The lowest BCUT2D eigenvalue weighted by Gasteiger charge is -2.07. The van der Waals surface area contributed by atoms with E-state index >= 15 is 0 Å². The van der Waals surface area contributed by atoms with Crippen molar-refractivity contribution >= 4 is 5.65 Å². The molecule has 1 atom stereocenters. The highest BCUT2D eigenvalue weighted by molar-refractivity contribution is 5.39. The number of nitrogens with zero attached hydrogens (tertiary/aromatic N) is 2. The quantitative estimate of drug-likeness (QED) is 0.791. The Kier molecular flexibility index (Phi) is 3.39. The van der Waals surface area contributed by atoms with E-state index in [4.69, 9.17) is 4.74 Å². The Balaban J connectivity index is 1.69. The summed E-state index contributed by atoms with van der Waals surface area (Å²) in [6.07, 6.45) is 3.46. The maximum Gasteiger partial charge on any atom is 0.137 e. The first-order valence-electron chi connectivity index (χ1n) is 6.56. The van der Waals surface area contributed by atoms with Crippen molar-refractivity contribution in [2.45, 2.75) is 19.6 Å². The molecule has 4 heteroatoms. The lowest BCUT2D eigenvalue weighted by molar-refractivity contribution is 0.199. The number of rotatable bonds is 4. The van der Waals surface area contributed by atoms with E-state index < -0.39 is 6.10 Å². The van der Waals surface area contributed by atoms with Crippen LogP contribution in [0.3, 0.4) is 0 Å². The monoisotopic (exact) mass is 268 g/mol. The van der Waals surface area contributed by atoms with Crippen LogP contribution in [0.1, 0.15) is 24.3 Å². The van der Waals surface area contributed by atoms with Crippen LogP contribution in [-0.2, 0) is 6.61 Å². The molecule has 1 unspecified atom stereocenters. The summed E-state index contributed by atoms with van der Waals surface area (Å²) in [5, 5.41) is 9.45. The molecule has 0 saturated carbocycles. The van der Waals surface area contributed by atoms with Gasteiger partial charge in [-0.25, -0.2) is 4.98 Å². The first-order chi connectivity index (χ1) is 9.72. The van der Waals surface area contributed by atoms with Crippen molar-refractivity contribution in [1.29, 1.82) is 0 Å². The van der Waals surface area contributed by atoms with Crippen LogP contribution < -0.4 is 4.74 Å². The molecule has 0 fully saturated rings. The molecule has 0 aliphatic heterocycles. The Morgan fingerprint density at radius 3 is 2.70 bits per heavy atom. The second-order valence-corrected chi connectivity index (χ2v) is 4.73. The number of ether oxygens (including phenoxy) is 1. The lowest BCUT2D eigenvalue weighted by Crippen LogP contribution is -1.96. The minimum Gasteiger partial charge on any atom is -0.487 e. The summed E-state index contributed by atoms with van der Waals surface area (Å²) in [7, 11) is 0. The predicted molar refractivity (Wildman–Crippen MR) is 76.6 cm³/mol. The minimum atomic E-state index is -0.456. The molecule has 0 aliphatic carbocycles. The average Bonchev–Trinajstić information content (AvgIpc) is 2.88. The Labute approximate surface area is 117 Å². The molecule has 0 spiro atoms. The number of aliphatic hydroxyl groups is 1. The van der Waals surface area contributed by atoms with Gasteiger partial charge in [0.05, 0.1) is 11.8 Å². The molecule has 1 aromatic carbocycles. The zero-order valence-electron chi connectivity index (χ0n) is 11.2. The zero-order chi connectivity index (χ0) is 13.9. The molecule has 102 valence electrons. The van der Waals surface area contributed by atoms with Gasteiger partial charge in [0.1, 0.15) is 18.0 Å². The van der Waals surface area contributed by atoms with Crippen molar-refractivity contribution in [3.63, 3.8) is 0 Å². The van der Waals surface area contributed by atoms with Gasteiger partial charge in [-0.3, -0.25) is 0 Å². The molecule has 4 nitrogen and oxygen atoms in total. The third-order valence-electron chi connectivity index (χ3n) is 3.16. The molecule has 0 bridgehead atoms. The third-order valence-corrected chi connectivity index (χ3v) is 3.16. The van der Waals surface area contributed by atoms with Crippen LogP contribution in [0, 0.1) is 0 Å². The second-order valence-electron chi connectivity index (χ2n) is 4.73. The molecule has 0 amide bonds. The van der Waals surface area contributed by atoms with E-state index in [9.17, 15) is 5.11 Å². The molecule has 3 rings (SSSR count). The van der Waals surface area contributed by atoms with E-state index in [0.717, 1.165) is 22.7 Å². The Hall–Kier alpha value is -2.33. The van der Waals surface area contributed by atoms with Crippen molar-refractivity contribution in [3.8, 4) is 5.75 Å². The standard InChI is InChI=1S/C16H16N2O2/c1-12(19)13-5-7-15(8-6-13)20-11-14-10-18-9-3-2-4-16(18)17-14/h2-10,12,19H,11H2,1H3. The van der Waals surface area contributed by atoms with Crippen LogP contribution in [-0.4, -0.2) is 14.5 Å². The number of hydrogen-bond acceptors (Lipinski definition) is 3. The van der Waals surface area contributed by atoms with Gasteiger partial charge in [0.15, 0.2) is 0 Å². The molecule has 1 N–H and O–H groups in total. The molecule has 2 heterocycles. The van der Waals surface area contributed by atoms with E-state index in [2.05, 4.69) is 4.98 Å². The summed E-state index contributed by atoms with van der Waals surface area (Å²) in [6, 6.07) is 13.3. The predicted octanol–water partition coefficient (Wildman–Crippen LogP) is 2.97. The van der Waals surface area contributed by atoms with E-state index in [1.54, 1.807) is 6.92 Å². The highest BCUT2D eigenvalue weighted by Crippen LogP contribution is 2.18. The third kappa shape index (κ3) is 2.65. The lowest BCUT2D eigenvalue weighted by atomic mass is 10.1. The van der Waals surface area contributed by atoms with Gasteiger partial charge in [-0.1, -0.05) is 18.2 Å². The van der Waals surface area contributed by atoms with Gasteiger partial charge in [-0.15, -0.1) is 0 Å². The van der Waals surface area contributed by atoms with Gasteiger partial charge >= 0.3 is 0 Å². The zero-order valence-corrected chi connectivity index (χ0v) is 11.2. The maximum absolute atomic E-state index is 9.45. The van der Waals surface area contributed by atoms with Crippen LogP contribution in [0.2, 0.25) is 0 Å². The summed E-state index contributed by atoms with van der Waals surface area (Å²) < 4.78 is 7.67. The summed E-state index contributed by atoms with van der Waals surface area (Å²) in [6.45, 7) is 2.17. The number of aromatic nitrogens is 2. The number of benzene rings is 1. The summed E-state index contributed by atoms with van der Waals surface area (Å²) in [5.74, 6) is 0.770. The molecule has 20 heavy (non-hydrogen) atoms. The normalized spacial score (nSPS) is 12.5. The van der Waals surface area contributed by atoms with Gasteiger partial charge in [0, 0.05) is 12.4 Å². The van der Waals surface area contributed by atoms with Crippen molar-refractivity contribution in [2.75, 3.05) is 0 Å². The maximum atomic E-state index is 9.45. The van der Waals surface area contributed by atoms with Gasteiger partial charge < -0.3 is 14.2 Å². The summed E-state index contributed by atoms with van der Waals surface area (Å²) >= 11 is 0. The number of imidazole rings is 1. The fourth-order valence-electron chi connectivity index (χ4n) is 2.06. The first-order valence-corrected chi connectivity index (χ1v) is 6.56. The number of pyridine rings is 1. The number of aliphatic hydroxyl groups excluding tert-OH is 1. The highest BCUT2D eigenvalue weighted by Gasteiger charge is 2.03. The molecule has 2 aromatic heterocycles. The number of hydrogen-bond donors (Lipinski definition) is 1. The summed E-state index contributed by atoms with van der Waals surface area (Å²) in [5.41, 5.74) is 2.68. The molecule has 0 aliphatic rings. The smallest absolute Gasteiger partial charge is 0.137 e. The second kappa shape index (κ2) is 5.35. The molecule has 0 radical (unpaired) electrons. The van der Waals surface area contributed by atoms with E-state index in [0.29, 0.717) is 6.61 Å². The van der Waals surface area contributed by atoms with Crippen molar-refractivity contribution < 1.29 is 9.84 Å². The fourth-order valence-corrected chi connectivity index (χ4v) is 2.06. The van der Waals surface area contributed by atoms with Gasteiger partial charge in [0.2, 0.25) is 0 Å². The van der Waals surface area contributed by atoms with E-state index in [1.807, 2.05) is 59.3 Å². The fraction of sp³-hybridized carbons (Fsp3) is 0.188. The average molecular weight is 268 g/mol. The largest absolute Gasteiger partial charge is 0.487 e. The van der Waals surface area contributed by atoms with Crippen LogP contribution in [0.15, 0.2) is 54.9 Å². The first kappa shape index (κ1) is 12.7. The van der Waals surface area contributed by atoms with Gasteiger partial charge in [-0.2, -0.15) is 0 Å². The topological polar surface area (TPSA) is 46.8 Å². The Bertz CT molecular complexity index is 669. The molecule has 3 aromatic rings. The van der Waals surface area contributed by atoms with Gasteiger partial charge in [-0.05, 0) is 36.8 Å². The summed E-state index contributed by atoms with van der Waals surface area (Å²) in [4.78, 5) is 4.47. The molecular weight excluding hydrogens is 252 g/mol. The van der Waals surface area contributed by atoms with E-state index in [-0.39, 0.29) is 0 Å². The van der Waals surface area contributed by atoms with Crippen LogP contribution in [0.4, 0.5) is 0 Å². The van der Waals surface area contributed by atoms with Crippen LogP contribution >= 0.6 is 0 Å². The van der Waals surface area contributed by atoms with E-state index in [1.165, 1.54) is 0 Å². The van der Waals surface area contributed by atoms with Crippen molar-refractivity contribution in [2.24, 2.45) is 0 Å². The molecular formula is C16H16N2O2. The molecule has 0 saturated heterocycles. The number of fused-ring (bicyclic) bond motifs is 1. The van der Waals surface area contributed by atoms with Crippen LogP contribution in [0.5, 0.6) is 5.75 Å². The van der Waals surface area contributed by atoms with Gasteiger partial charge in [0.25, 0.3) is 0 Å². The van der Waals surface area contributed by atoms with Crippen molar-refractivity contribution in [1.82, 2.24) is 9.38 Å². The minimum absolute atomic E-state index is 0.426. The Morgan fingerprint density at radius 1 is 1.20 bits per heavy atom.